The second kappa shape index (κ2) is 5.43. The van der Waals surface area contributed by atoms with Crippen molar-refractivity contribution in [3.63, 3.8) is 0 Å². The highest BCUT2D eigenvalue weighted by Crippen LogP contribution is 2.12. The summed E-state index contributed by atoms with van der Waals surface area (Å²) in [6.07, 6.45) is -4.49. The Morgan fingerprint density at radius 3 is 2.44 bits per heavy atom. The van der Waals surface area contributed by atoms with Crippen molar-refractivity contribution in [3.05, 3.63) is 23.7 Å². The molecular weight excluding hydrogens is 257 g/mol. The third-order valence-electron chi connectivity index (χ3n) is 1.75. The second-order valence-electron chi connectivity index (χ2n) is 3.22. The Bertz CT molecular complexity index is 441. The fraction of sp³-hybridized carbons (Fsp3) is 0.333. The van der Waals surface area contributed by atoms with Crippen molar-refractivity contribution < 1.29 is 32.3 Å². The number of nitrogens with one attached hydrogen (secondary N) is 2. The van der Waals surface area contributed by atoms with Gasteiger partial charge in [0, 0.05) is 0 Å². The van der Waals surface area contributed by atoms with Crippen molar-refractivity contribution in [3.8, 4) is 0 Å². The molecule has 9 heteroatoms. The number of urea groups is 1. The molecular formula is C9H9F3N2O4. The highest BCUT2D eigenvalue weighted by atomic mass is 19.4. The van der Waals surface area contributed by atoms with E-state index < -0.39 is 24.7 Å². The molecule has 0 aliphatic rings. The maximum atomic E-state index is 11.7. The third-order valence-corrected chi connectivity index (χ3v) is 1.75. The molecule has 0 saturated heterocycles. The minimum Gasteiger partial charge on any atom is -0.475 e. The summed E-state index contributed by atoms with van der Waals surface area (Å²) in [5.74, 6) is -1.47. The molecule has 100 valence electrons. The fourth-order valence-electron chi connectivity index (χ4n) is 0.998. The molecule has 0 aromatic carbocycles. The van der Waals surface area contributed by atoms with E-state index in [0.29, 0.717) is 0 Å². The number of alkyl halides is 3. The molecule has 6 nitrogen and oxygen atoms in total. The largest absolute Gasteiger partial charge is 0.475 e. The molecule has 0 aliphatic heterocycles. The van der Waals surface area contributed by atoms with Gasteiger partial charge in [0.1, 0.15) is 12.3 Å². The molecule has 1 aromatic rings. The first-order valence-electron chi connectivity index (χ1n) is 4.68. The van der Waals surface area contributed by atoms with Crippen LogP contribution in [0.2, 0.25) is 0 Å². The number of aromatic carboxylic acids is 1. The van der Waals surface area contributed by atoms with Crippen LogP contribution < -0.4 is 10.6 Å². The smallest absolute Gasteiger partial charge is 0.405 e. The van der Waals surface area contributed by atoms with Crippen LogP contribution in [0.1, 0.15) is 16.3 Å². The molecule has 0 unspecified atom stereocenters. The number of halogens is 3. The summed E-state index contributed by atoms with van der Waals surface area (Å²) in [5.41, 5.74) is 0. The maximum absolute atomic E-state index is 11.7. The van der Waals surface area contributed by atoms with Gasteiger partial charge in [-0.2, -0.15) is 13.2 Å². The summed E-state index contributed by atoms with van der Waals surface area (Å²) in [4.78, 5) is 21.4. The monoisotopic (exact) mass is 266 g/mol. The average Bonchev–Trinajstić information content (AvgIpc) is 2.71. The Hall–Kier alpha value is -2.19. The number of carboxylic acids is 1. The molecule has 1 aromatic heterocycles. The number of rotatable bonds is 4. The molecule has 0 atom stereocenters. The molecule has 0 spiro atoms. The topological polar surface area (TPSA) is 91.6 Å². The molecule has 18 heavy (non-hydrogen) atoms. The number of furan rings is 1. The van der Waals surface area contributed by atoms with Gasteiger partial charge in [0.25, 0.3) is 0 Å². The van der Waals surface area contributed by atoms with Gasteiger partial charge in [0.2, 0.25) is 5.76 Å². The molecule has 1 rings (SSSR count). The lowest BCUT2D eigenvalue weighted by Gasteiger charge is -2.08. The zero-order valence-corrected chi connectivity index (χ0v) is 8.87. The molecule has 0 bridgehead atoms. The van der Waals surface area contributed by atoms with Crippen LogP contribution in [0.4, 0.5) is 18.0 Å². The predicted octanol–water partition coefficient (Wildman–Crippen LogP) is 1.34. The van der Waals surface area contributed by atoms with Crippen LogP contribution in [-0.2, 0) is 6.54 Å². The van der Waals surface area contributed by atoms with E-state index in [1.165, 1.54) is 12.1 Å². The van der Waals surface area contributed by atoms with E-state index in [1.54, 1.807) is 5.32 Å². The van der Waals surface area contributed by atoms with E-state index in [2.05, 4.69) is 5.32 Å². The summed E-state index contributed by atoms with van der Waals surface area (Å²) in [7, 11) is 0. The van der Waals surface area contributed by atoms with E-state index in [1.807, 2.05) is 0 Å². The van der Waals surface area contributed by atoms with Crippen LogP contribution in [0, 0.1) is 0 Å². The van der Waals surface area contributed by atoms with Gasteiger partial charge in [-0.05, 0) is 12.1 Å². The standard InChI is InChI=1S/C9H9F3N2O4/c10-9(11,12)4-14-8(17)13-3-5-1-2-6(18-5)7(15)16/h1-2H,3-4H2,(H,15,16)(H2,13,14,17). The number of carbonyl (C=O) groups is 2. The molecule has 2 amide bonds. The number of carbonyl (C=O) groups excluding carboxylic acids is 1. The quantitative estimate of drug-likeness (QED) is 0.766. The van der Waals surface area contributed by atoms with Crippen molar-refractivity contribution in [1.29, 1.82) is 0 Å². The summed E-state index contributed by atoms with van der Waals surface area (Å²) < 4.78 is 40.0. The lowest BCUT2D eigenvalue weighted by atomic mass is 10.4. The van der Waals surface area contributed by atoms with Gasteiger partial charge in [0.15, 0.2) is 0 Å². The predicted molar refractivity (Wildman–Crippen MR) is 52.0 cm³/mol. The van der Waals surface area contributed by atoms with E-state index in [-0.39, 0.29) is 18.1 Å². The van der Waals surface area contributed by atoms with Gasteiger partial charge >= 0.3 is 18.2 Å². The summed E-state index contributed by atoms with van der Waals surface area (Å²) >= 11 is 0. The Kier molecular flexibility index (Phi) is 4.18. The molecule has 0 aliphatic carbocycles. The Morgan fingerprint density at radius 1 is 1.28 bits per heavy atom. The summed E-state index contributed by atoms with van der Waals surface area (Å²) in [6, 6.07) is 1.45. The summed E-state index contributed by atoms with van der Waals surface area (Å²) in [6.45, 7) is -1.66. The first-order chi connectivity index (χ1) is 8.28. The van der Waals surface area contributed by atoms with E-state index in [9.17, 15) is 22.8 Å². The van der Waals surface area contributed by atoms with Gasteiger partial charge in [0.05, 0.1) is 6.54 Å². The van der Waals surface area contributed by atoms with E-state index >= 15 is 0 Å². The van der Waals surface area contributed by atoms with Gasteiger partial charge in [-0.25, -0.2) is 9.59 Å². The maximum Gasteiger partial charge on any atom is 0.405 e. The van der Waals surface area contributed by atoms with Crippen LogP contribution in [0.25, 0.3) is 0 Å². The minimum atomic E-state index is -4.49. The van der Waals surface area contributed by atoms with E-state index in [0.717, 1.165) is 0 Å². The Labute approximate surface area is 98.8 Å². The molecule has 0 fully saturated rings. The van der Waals surface area contributed by atoms with Crippen molar-refractivity contribution in [1.82, 2.24) is 10.6 Å². The van der Waals surface area contributed by atoms with Gasteiger partial charge in [-0.1, -0.05) is 0 Å². The van der Waals surface area contributed by atoms with Gasteiger partial charge in [-0.15, -0.1) is 0 Å². The molecule has 0 saturated carbocycles. The van der Waals surface area contributed by atoms with E-state index in [4.69, 9.17) is 9.52 Å². The lowest BCUT2D eigenvalue weighted by Crippen LogP contribution is -2.40. The zero-order chi connectivity index (χ0) is 13.8. The third kappa shape index (κ3) is 4.76. The van der Waals surface area contributed by atoms with Gasteiger partial charge < -0.3 is 20.2 Å². The number of hydrogen-bond acceptors (Lipinski definition) is 3. The highest BCUT2D eigenvalue weighted by Gasteiger charge is 2.27. The number of amides is 2. The molecule has 1 heterocycles. The van der Waals surface area contributed by atoms with Crippen molar-refractivity contribution in [2.24, 2.45) is 0 Å². The van der Waals surface area contributed by atoms with Crippen molar-refractivity contribution in [2.75, 3.05) is 6.54 Å². The molecule has 0 radical (unpaired) electrons. The second-order valence-corrected chi connectivity index (χ2v) is 3.22. The van der Waals surface area contributed by atoms with Crippen molar-refractivity contribution >= 4 is 12.0 Å². The van der Waals surface area contributed by atoms with Crippen LogP contribution in [-0.4, -0.2) is 29.8 Å². The lowest BCUT2D eigenvalue weighted by molar-refractivity contribution is -0.122. The number of carboxylic acid groups (broad SMARTS) is 1. The highest BCUT2D eigenvalue weighted by molar-refractivity contribution is 5.84. The normalized spacial score (nSPS) is 11.1. The fourth-order valence-corrected chi connectivity index (χ4v) is 0.998. The molecule has 3 N–H and O–H groups in total. The SMILES string of the molecule is O=C(NCc1ccc(C(=O)O)o1)NCC(F)(F)F. The minimum absolute atomic E-state index is 0.120. The van der Waals surface area contributed by atoms with Gasteiger partial charge in [-0.3, -0.25) is 0 Å². The van der Waals surface area contributed by atoms with Crippen molar-refractivity contribution in [2.45, 2.75) is 12.7 Å². The summed E-state index contributed by atoms with van der Waals surface area (Å²) in [5, 5.41) is 12.2. The average molecular weight is 266 g/mol. The first kappa shape index (κ1) is 13.9. The Balaban J connectivity index is 2.36. The van der Waals surface area contributed by atoms with Crippen LogP contribution in [0.15, 0.2) is 16.5 Å². The first-order valence-corrected chi connectivity index (χ1v) is 4.68. The van der Waals surface area contributed by atoms with Crippen LogP contribution in [0.3, 0.4) is 0 Å². The zero-order valence-electron chi connectivity index (χ0n) is 8.87. The number of hydrogen-bond donors (Lipinski definition) is 3. The van der Waals surface area contributed by atoms with Crippen LogP contribution >= 0.6 is 0 Å². The van der Waals surface area contributed by atoms with Crippen LogP contribution in [0.5, 0.6) is 0 Å². The Morgan fingerprint density at radius 2 is 1.94 bits per heavy atom.